The molecule has 0 atom stereocenters. The van der Waals surface area contributed by atoms with E-state index in [0.717, 1.165) is 22.2 Å². The van der Waals surface area contributed by atoms with Crippen molar-refractivity contribution < 1.29 is 20.1 Å². The standard InChI is InChI=1S/C28H20N3.Ir/c1-18-6-3-7-19(2)27(18)23-9-4-10-26-28(23)24-16-20(21-8-5-14-29-17-21)11-12-22(24)25-13-15-30-31(25)26;/h3-9,11-17H,1-2H3;/q-1;. The summed E-state index contributed by atoms with van der Waals surface area (Å²) in [5.74, 6) is 0. The Hall–Kier alpha value is -3.33. The average molecular weight is 591 g/mol. The van der Waals surface area contributed by atoms with Crippen molar-refractivity contribution in [1.29, 1.82) is 0 Å². The van der Waals surface area contributed by atoms with E-state index in [0.29, 0.717) is 0 Å². The first-order valence-corrected chi connectivity index (χ1v) is 10.4. The van der Waals surface area contributed by atoms with Crippen molar-refractivity contribution in [1.82, 2.24) is 14.6 Å². The van der Waals surface area contributed by atoms with E-state index in [9.17, 15) is 0 Å². The maximum atomic E-state index is 4.63. The summed E-state index contributed by atoms with van der Waals surface area (Å²) in [7, 11) is 0. The van der Waals surface area contributed by atoms with Gasteiger partial charge in [0, 0.05) is 38.7 Å². The fraction of sp³-hybridized carbons (Fsp3) is 0.0714. The van der Waals surface area contributed by atoms with Gasteiger partial charge in [0.2, 0.25) is 0 Å². The van der Waals surface area contributed by atoms with Crippen molar-refractivity contribution in [2.24, 2.45) is 0 Å². The van der Waals surface area contributed by atoms with Crippen LogP contribution in [0.5, 0.6) is 0 Å². The van der Waals surface area contributed by atoms with E-state index in [2.05, 4.69) is 84.6 Å². The number of hydrogen-bond donors (Lipinski definition) is 0. The molecule has 0 bridgehead atoms. The molecule has 3 aromatic heterocycles. The number of pyridine rings is 2. The molecule has 157 valence electrons. The smallest absolute Gasteiger partial charge is 0.0711 e. The molecule has 0 saturated carbocycles. The van der Waals surface area contributed by atoms with Crippen LogP contribution in [0.15, 0.2) is 85.3 Å². The molecular formula is C28H20IrN3-. The minimum absolute atomic E-state index is 0. The van der Waals surface area contributed by atoms with Crippen molar-refractivity contribution in [2.75, 3.05) is 0 Å². The fourth-order valence-electron chi connectivity index (χ4n) is 4.75. The number of nitrogens with zero attached hydrogens (tertiary/aromatic N) is 3. The van der Waals surface area contributed by atoms with E-state index >= 15 is 0 Å². The molecule has 0 aliphatic heterocycles. The van der Waals surface area contributed by atoms with E-state index in [1.807, 2.05) is 35.2 Å². The molecular weight excluding hydrogens is 571 g/mol. The molecule has 0 fully saturated rings. The van der Waals surface area contributed by atoms with Gasteiger partial charge in [0.1, 0.15) is 0 Å². The number of hydrogen-bond acceptors (Lipinski definition) is 2. The predicted octanol–water partition coefficient (Wildman–Crippen LogP) is 6.78. The molecule has 0 aliphatic rings. The van der Waals surface area contributed by atoms with Crippen molar-refractivity contribution in [3.63, 3.8) is 0 Å². The maximum Gasteiger partial charge on any atom is 0.0711 e. The number of aryl methyl sites for hydroxylation is 2. The van der Waals surface area contributed by atoms with Gasteiger partial charge < -0.3 is 0 Å². The van der Waals surface area contributed by atoms with Crippen LogP contribution in [0.2, 0.25) is 0 Å². The van der Waals surface area contributed by atoms with Crippen LogP contribution in [0.1, 0.15) is 11.1 Å². The fourth-order valence-corrected chi connectivity index (χ4v) is 4.75. The molecule has 6 aromatic rings. The second-order valence-corrected chi connectivity index (χ2v) is 8.01. The van der Waals surface area contributed by atoms with Gasteiger partial charge in [-0.05, 0) is 64.7 Å². The SMILES string of the molecule is Cc1cccc(C)c1-c1cc[c-]c2c1c1cc(-c3cccnc3)ccc1c1ccnn21.[Ir]. The monoisotopic (exact) mass is 591 g/mol. The molecule has 4 heteroatoms. The van der Waals surface area contributed by atoms with Crippen LogP contribution in [-0.2, 0) is 20.1 Å². The molecule has 3 heterocycles. The Morgan fingerprint density at radius 1 is 0.812 bits per heavy atom. The Balaban J connectivity index is 0.00000216. The van der Waals surface area contributed by atoms with Gasteiger partial charge in [-0.2, -0.15) is 23.3 Å². The molecule has 6 rings (SSSR count). The second-order valence-electron chi connectivity index (χ2n) is 8.01. The van der Waals surface area contributed by atoms with Crippen molar-refractivity contribution >= 4 is 27.2 Å². The third-order valence-corrected chi connectivity index (χ3v) is 6.14. The Bertz CT molecular complexity index is 1580. The third kappa shape index (κ3) is 3.07. The van der Waals surface area contributed by atoms with Gasteiger partial charge in [0.25, 0.3) is 0 Å². The number of rotatable bonds is 2. The van der Waals surface area contributed by atoms with Crippen LogP contribution >= 0.6 is 0 Å². The minimum Gasteiger partial charge on any atom is -0.264 e. The minimum atomic E-state index is 0. The first-order chi connectivity index (χ1) is 15.2. The van der Waals surface area contributed by atoms with Gasteiger partial charge in [-0.15, -0.1) is 5.56 Å². The zero-order valence-corrected chi connectivity index (χ0v) is 20.2. The first-order valence-electron chi connectivity index (χ1n) is 10.4. The Morgan fingerprint density at radius 3 is 2.44 bits per heavy atom. The van der Waals surface area contributed by atoms with Gasteiger partial charge >= 0.3 is 0 Å². The summed E-state index contributed by atoms with van der Waals surface area (Å²) in [5, 5.41) is 8.20. The third-order valence-electron chi connectivity index (χ3n) is 6.14. The molecule has 0 amide bonds. The van der Waals surface area contributed by atoms with Crippen LogP contribution in [0.3, 0.4) is 0 Å². The number of fused-ring (bicyclic) bond motifs is 6. The summed E-state index contributed by atoms with van der Waals surface area (Å²) in [4.78, 5) is 4.31. The Morgan fingerprint density at radius 2 is 1.66 bits per heavy atom. The Kier molecular flexibility index (Phi) is 5.13. The van der Waals surface area contributed by atoms with Crippen LogP contribution < -0.4 is 0 Å². The molecule has 32 heavy (non-hydrogen) atoms. The van der Waals surface area contributed by atoms with E-state index in [1.54, 1.807) is 0 Å². The van der Waals surface area contributed by atoms with Gasteiger partial charge in [-0.25, -0.2) is 0 Å². The summed E-state index contributed by atoms with van der Waals surface area (Å²) in [6.45, 7) is 4.36. The van der Waals surface area contributed by atoms with Crippen LogP contribution in [0, 0.1) is 19.9 Å². The summed E-state index contributed by atoms with van der Waals surface area (Å²) in [6.07, 6.45) is 5.59. The topological polar surface area (TPSA) is 30.2 Å². The van der Waals surface area contributed by atoms with Crippen molar-refractivity contribution in [3.05, 3.63) is 103 Å². The zero-order valence-electron chi connectivity index (χ0n) is 17.8. The van der Waals surface area contributed by atoms with E-state index in [-0.39, 0.29) is 20.1 Å². The number of aromatic nitrogens is 3. The average Bonchev–Trinajstić information content (AvgIpc) is 3.30. The first kappa shape index (κ1) is 20.6. The molecule has 0 spiro atoms. The molecule has 1 radical (unpaired) electrons. The van der Waals surface area contributed by atoms with Gasteiger partial charge in [-0.3, -0.25) is 9.50 Å². The summed E-state index contributed by atoms with van der Waals surface area (Å²) in [6, 6.07) is 27.0. The van der Waals surface area contributed by atoms with Gasteiger partial charge in [-0.1, -0.05) is 53.2 Å². The van der Waals surface area contributed by atoms with Crippen LogP contribution in [0.25, 0.3) is 49.4 Å². The molecule has 0 saturated heterocycles. The normalized spacial score (nSPS) is 11.2. The van der Waals surface area contributed by atoms with Gasteiger partial charge in [0.15, 0.2) is 0 Å². The van der Waals surface area contributed by atoms with Crippen LogP contribution in [0.4, 0.5) is 0 Å². The van der Waals surface area contributed by atoms with E-state index in [1.165, 1.54) is 38.4 Å². The van der Waals surface area contributed by atoms with Gasteiger partial charge in [0.05, 0.1) is 5.52 Å². The largest absolute Gasteiger partial charge is 0.264 e. The summed E-state index contributed by atoms with van der Waals surface area (Å²) < 4.78 is 2.01. The Labute approximate surface area is 200 Å². The van der Waals surface area contributed by atoms with Crippen molar-refractivity contribution in [2.45, 2.75) is 13.8 Å². The van der Waals surface area contributed by atoms with E-state index < -0.39 is 0 Å². The summed E-state index contributed by atoms with van der Waals surface area (Å²) in [5.41, 5.74) is 9.39. The predicted molar refractivity (Wildman–Crippen MR) is 127 cm³/mol. The van der Waals surface area contributed by atoms with Crippen molar-refractivity contribution in [3.8, 4) is 22.3 Å². The van der Waals surface area contributed by atoms with Crippen LogP contribution in [-0.4, -0.2) is 14.6 Å². The molecule has 3 nitrogen and oxygen atoms in total. The quantitative estimate of drug-likeness (QED) is 0.164. The molecule has 3 aromatic carbocycles. The van der Waals surface area contributed by atoms with E-state index in [4.69, 9.17) is 0 Å². The maximum absolute atomic E-state index is 4.63. The number of benzene rings is 3. The zero-order chi connectivity index (χ0) is 20.9. The molecule has 0 N–H and O–H groups in total. The summed E-state index contributed by atoms with van der Waals surface area (Å²) >= 11 is 0. The second kappa shape index (κ2) is 7.98. The molecule has 0 aliphatic carbocycles. The molecule has 0 unspecified atom stereocenters.